The van der Waals surface area contributed by atoms with E-state index in [1.165, 1.54) is 17.7 Å². The molecule has 2 aliphatic rings. The number of benzene rings is 2. The summed E-state index contributed by atoms with van der Waals surface area (Å²) in [6, 6.07) is 13.2. The Balaban J connectivity index is 1.32. The third kappa shape index (κ3) is 4.21. The number of nitrogens with zero attached hydrogens (tertiary/aromatic N) is 2. The molecule has 0 spiro atoms. The van der Waals surface area contributed by atoms with Gasteiger partial charge in [0.1, 0.15) is 5.82 Å². The molecule has 2 fully saturated rings. The van der Waals surface area contributed by atoms with Gasteiger partial charge in [0.25, 0.3) is 5.91 Å². The average Bonchev–Trinajstić information content (AvgIpc) is 3.24. The topological polar surface area (TPSA) is 49.6 Å². The van der Waals surface area contributed by atoms with Gasteiger partial charge in [0, 0.05) is 37.8 Å². The maximum Gasteiger partial charge on any atom is 0.254 e. The van der Waals surface area contributed by atoms with E-state index in [2.05, 4.69) is 17.0 Å². The largest absolute Gasteiger partial charge is 0.338 e. The monoisotopic (exact) mass is 395 g/mol. The van der Waals surface area contributed by atoms with Crippen molar-refractivity contribution >= 4 is 5.91 Å². The van der Waals surface area contributed by atoms with Crippen LogP contribution >= 0.6 is 0 Å². The van der Waals surface area contributed by atoms with Gasteiger partial charge in [-0.1, -0.05) is 30.3 Å². The summed E-state index contributed by atoms with van der Waals surface area (Å²) in [4.78, 5) is 17.5. The third-order valence-electron chi connectivity index (χ3n) is 6.54. The van der Waals surface area contributed by atoms with Gasteiger partial charge in [-0.3, -0.25) is 4.79 Å². The summed E-state index contributed by atoms with van der Waals surface area (Å²) in [5, 5.41) is 0. The number of likely N-dealkylation sites (tertiary alicyclic amines) is 2. The fraction of sp³-hybridized carbons (Fsp3) is 0.458. The average molecular weight is 396 g/mol. The zero-order chi connectivity index (χ0) is 20.5. The first-order chi connectivity index (χ1) is 13.9. The number of hydrogen-bond donors (Lipinski definition) is 1. The van der Waals surface area contributed by atoms with E-state index in [9.17, 15) is 9.18 Å². The van der Waals surface area contributed by atoms with Crippen LogP contribution in [0.15, 0.2) is 42.5 Å². The molecule has 1 amide bonds. The first kappa shape index (κ1) is 20.0. The van der Waals surface area contributed by atoms with Gasteiger partial charge in [-0.2, -0.15) is 0 Å². The van der Waals surface area contributed by atoms with Crippen LogP contribution in [0.3, 0.4) is 0 Å². The lowest BCUT2D eigenvalue weighted by Gasteiger charge is -2.24. The quantitative estimate of drug-likeness (QED) is 0.843. The molecule has 4 nitrogen and oxygen atoms in total. The highest BCUT2D eigenvalue weighted by atomic mass is 19.1. The first-order valence-corrected chi connectivity index (χ1v) is 10.5. The molecule has 2 heterocycles. The fourth-order valence-corrected chi connectivity index (χ4v) is 5.03. The van der Waals surface area contributed by atoms with Crippen LogP contribution in [0.2, 0.25) is 0 Å². The Labute approximate surface area is 172 Å². The van der Waals surface area contributed by atoms with E-state index < -0.39 is 0 Å². The van der Waals surface area contributed by atoms with Crippen LogP contribution < -0.4 is 5.73 Å². The van der Waals surface area contributed by atoms with Gasteiger partial charge in [0.2, 0.25) is 0 Å². The molecule has 154 valence electrons. The van der Waals surface area contributed by atoms with Crippen LogP contribution in [0.1, 0.15) is 39.5 Å². The molecule has 2 unspecified atom stereocenters. The highest BCUT2D eigenvalue weighted by molar-refractivity contribution is 5.97. The van der Waals surface area contributed by atoms with Crippen LogP contribution in [-0.2, 0) is 0 Å². The molecule has 2 N–H and O–H groups in total. The van der Waals surface area contributed by atoms with E-state index in [0.29, 0.717) is 17.4 Å². The number of nitrogens with two attached hydrogens (primary N) is 1. The number of halogens is 1. The van der Waals surface area contributed by atoms with Crippen molar-refractivity contribution in [1.29, 1.82) is 0 Å². The van der Waals surface area contributed by atoms with E-state index in [-0.39, 0.29) is 17.8 Å². The number of aryl methyl sites for hydroxylation is 2. The predicted octanol–water partition coefficient (Wildman–Crippen LogP) is 3.54. The molecule has 29 heavy (non-hydrogen) atoms. The van der Waals surface area contributed by atoms with E-state index >= 15 is 0 Å². The van der Waals surface area contributed by atoms with Crippen molar-refractivity contribution < 1.29 is 9.18 Å². The number of amides is 1. The van der Waals surface area contributed by atoms with Crippen molar-refractivity contribution in [3.63, 3.8) is 0 Å². The molecule has 0 bridgehead atoms. The SMILES string of the molecule is Cc1cc(F)cc(C)c1C(=O)N1CC2CN(CC[C@H](N)c3ccccc3)CC2C1. The van der Waals surface area contributed by atoms with Gasteiger partial charge in [0.15, 0.2) is 0 Å². The highest BCUT2D eigenvalue weighted by Gasteiger charge is 2.41. The maximum atomic E-state index is 13.6. The molecule has 2 aliphatic heterocycles. The van der Waals surface area contributed by atoms with Crippen LogP contribution in [0.5, 0.6) is 0 Å². The van der Waals surface area contributed by atoms with Crippen molar-refractivity contribution in [1.82, 2.24) is 9.80 Å². The Bertz CT molecular complexity index is 848. The van der Waals surface area contributed by atoms with Gasteiger partial charge in [0.05, 0.1) is 0 Å². The van der Waals surface area contributed by atoms with Crippen LogP contribution in [0.25, 0.3) is 0 Å². The Hall–Kier alpha value is -2.24. The van der Waals surface area contributed by atoms with Gasteiger partial charge in [-0.25, -0.2) is 4.39 Å². The molecular formula is C24H30FN3O. The molecular weight excluding hydrogens is 365 g/mol. The first-order valence-electron chi connectivity index (χ1n) is 10.5. The maximum absolute atomic E-state index is 13.6. The van der Waals surface area contributed by atoms with Crippen molar-refractivity contribution in [3.8, 4) is 0 Å². The van der Waals surface area contributed by atoms with Crippen molar-refractivity contribution in [3.05, 3.63) is 70.5 Å². The number of fused-ring (bicyclic) bond motifs is 1. The molecule has 2 aromatic rings. The highest BCUT2D eigenvalue weighted by Crippen LogP contribution is 2.33. The van der Waals surface area contributed by atoms with Crippen molar-refractivity contribution in [2.45, 2.75) is 26.3 Å². The second-order valence-electron chi connectivity index (χ2n) is 8.71. The normalized spacial score (nSPS) is 22.7. The van der Waals surface area contributed by atoms with E-state index in [4.69, 9.17) is 5.73 Å². The van der Waals surface area contributed by atoms with Gasteiger partial charge in [-0.15, -0.1) is 0 Å². The second kappa shape index (κ2) is 8.25. The lowest BCUT2D eigenvalue weighted by atomic mass is 10.0. The predicted molar refractivity (Wildman–Crippen MR) is 113 cm³/mol. The number of hydrogen-bond acceptors (Lipinski definition) is 3. The van der Waals surface area contributed by atoms with Crippen LogP contribution in [0.4, 0.5) is 4.39 Å². The van der Waals surface area contributed by atoms with Gasteiger partial charge < -0.3 is 15.5 Å². The molecule has 5 heteroatoms. The molecule has 0 aromatic heterocycles. The van der Waals surface area contributed by atoms with Crippen LogP contribution in [0, 0.1) is 31.5 Å². The van der Waals surface area contributed by atoms with Crippen LogP contribution in [-0.4, -0.2) is 48.4 Å². The number of carbonyl (C=O) groups is 1. The Kier molecular flexibility index (Phi) is 5.70. The standard InChI is InChI=1S/C24H30FN3O/c1-16-10-21(25)11-17(2)23(16)24(29)28-14-19-12-27(13-20(19)15-28)9-8-22(26)18-6-4-3-5-7-18/h3-7,10-11,19-20,22H,8-9,12-15,26H2,1-2H3/t19?,20?,22-/m0/s1. The fourth-order valence-electron chi connectivity index (χ4n) is 5.03. The summed E-state index contributed by atoms with van der Waals surface area (Å²) in [5.41, 5.74) is 9.65. The molecule has 0 radical (unpaired) electrons. The summed E-state index contributed by atoms with van der Waals surface area (Å²) in [5.74, 6) is 0.812. The Morgan fingerprint density at radius 3 is 2.24 bits per heavy atom. The number of rotatable bonds is 5. The molecule has 2 aromatic carbocycles. The summed E-state index contributed by atoms with van der Waals surface area (Å²) >= 11 is 0. The minimum atomic E-state index is -0.279. The molecule has 2 saturated heterocycles. The number of carbonyl (C=O) groups excluding carboxylic acids is 1. The van der Waals surface area contributed by atoms with Gasteiger partial charge >= 0.3 is 0 Å². The summed E-state index contributed by atoms with van der Waals surface area (Å²) in [6.45, 7) is 8.26. The molecule has 3 atom stereocenters. The van der Waals surface area contributed by atoms with E-state index in [1.54, 1.807) is 0 Å². The Morgan fingerprint density at radius 1 is 1.07 bits per heavy atom. The lowest BCUT2D eigenvalue weighted by Crippen LogP contribution is -2.34. The molecule has 0 aliphatic carbocycles. The Morgan fingerprint density at radius 2 is 1.66 bits per heavy atom. The smallest absolute Gasteiger partial charge is 0.254 e. The summed E-state index contributed by atoms with van der Waals surface area (Å²) < 4.78 is 13.6. The van der Waals surface area contributed by atoms with E-state index in [1.807, 2.05) is 36.9 Å². The minimum absolute atomic E-state index is 0.0482. The minimum Gasteiger partial charge on any atom is -0.338 e. The molecule has 4 rings (SSSR count). The summed E-state index contributed by atoms with van der Waals surface area (Å²) in [7, 11) is 0. The summed E-state index contributed by atoms with van der Waals surface area (Å²) in [6.07, 6.45) is 0.945. The lowest BCUT2D eigenvalue weighted by molar-refractivity contribution is 0.0772. The van der Waals surface area contributed by atoms with Gasteiger partial charge in [-0.05, 0) is 67.5 Å². The zero-order valence-electron chi connectivity index (χ0n) is 17.3. The third-order valence-corrected chi connectivity index (χ3v) is 6.54. The zero-order valence-corrected chi connectivity index (χ0v) is 17.3. The van der Waals surface area contributed by atoms with E-state index in [0.717, 1.165) is 50.3 Å². The second-order valence-corrected chi connectivity index (χ2v) is 8.71. The molecule has 0 saturated carbocycles. The van der Waals surface area contributed by atoms with Crippen molar-refractivity contribution in [2.24, 2.45) is 17.6 Å². The van der Waals surface area contributed by atoms with Crippen molar-refractivity contribution in [2.75, 3.05) is 32.7 Å².